The number of ether oxygens (including phenoxy) is 1. The number of alkyl carbamates (subject to hydrolysis) is 1. The summed E-state index contributed by atoms with van der Waals surface area (Å²) < 4.78 is 10.6. The van der Waals surface area contributed by atoms with Crippen LogP contribution in [-0.4, -0.2) is 35.6 Å². The lowest BCUT2D eigenvalue weighted by molar-refractivity contribution is -0.383. The third-order valence-corrected chi connectivity index (χ3v) is 3.70. The molecule has 0 atom stereocenters. The largest absolute Gasteiger partial charge is 0.460 e. The third kappa shape index (κ3) is 5.71. The maximum Gasteiger partial charge on any atom is 0.407 e. The highest BCUT2D eigenvalue weighted by Gasteiger charge is 2.24. The van der Waals surface area contributed by atoms with Crippen LogP contribution in [0.1, 0.15) is 36.9 Å². The number of nitro groups is 1. The predicted octanol–water partition coefficient (Wildman–Crippen LogP) is 3.24. The molecule has 2 amide bonds. The Hall–Kier alpha value is -3.56. The minimum atomic E-state index is -0.813. The minimum Gasteiger partial charge on any atom is -0.460 e. The molecule has 10 nitrogen and oxygen atoms in total. The number of hydrogen-bond donors (Lipinski definition) is 3. The van der Waals surface area contributed by atoms with Gasteiger partial charge in [0, 0.05) is 19.2 Å². The SMILES string of the molecule is Cc1cc2c(NC/C=C/CNC(=O)OC(C)(C)C)c([N+](=O)[O-])cc(C(N)=O)c2o1. The van der Waals surface area contributed by atoms with Gasteiger partial charge in [0.1, 0.15) is 22.6 Å². The molecule has 0 spiro atoms. The van der Waals surface area contributed by atoms with E-state index in [1.165, 1.54) is 0 Å². The number of amides is 2. The normalized spacial score (nSPS) is 11.6. The van der Waals surface area contributed by atoms with Crippen LogP contribution in [-0.2, 0) is 4.74 Å². The Morgan fingerprint density at radius 2 is 1.93 bits per heavy atom. The molecule has 2 aromatic rings. The fraction of sp³-hybridized carbons (Fsp3) is 0.368. The van der Waals surface area contributed by atoms with E-state index in [9.17, 15) is 19.7 Å². The second-order valence-corrected chi connectivity index (χ2v) is 7.27. The zero-order valence-corrected chi connectivity index (χ0v) is 16.7. The number of aryl methyl sites for hydroxylation is 1. The fourth-order valence-corrected chi connectivity index (χ4v) is 2.61. The molecular formula is C19H24N4O6. The van der Waals surface area contributed by atoms with E-state index in [4.69, 9.17) is 14.9 Å². The fourth-order valence-electron chi connectivity index (χ4n) is 2.61. The Morgan fingerprint density at radius 1 is 1.28 bits per heavy atom. The predicted molar refractivity (Wildman–Crippen MR) is 108 cm³/mol. The molecule has 1 heterocycles. The molecule has 0 fully saturated rings. The van der Waals surface area contributed by atoms with Gasteiger partial charge in [-0.1, -0.05) is 12.2 Å². The Morgan fingerprint density at radius 3 is 2.52 bits per heavy atom. The molecule has 29 heavy (non-hydrogen) atoms. The summed E-state index contributed by atoms with van der Waals surface area (Å²) >= 11 is 0. The van der Waals surface area contributed by atoms with Crippen molar-refractivity contribution in [2.75, 3.05) is 18.4 Å². The number of nitrogens with two attached hydrogens (primary N) is 1. The molecule has 4 N–H and O–H groups in total. The first-order valence-corrected chi connectivity index (χ1v) is 8.86. The van der Waals surface area contributed by atoms with Gasteiger partial charge in [0.25, 0.3) is 11.6 Å². The number of carbonyl (C=O) groups is 2. The van der Waals surface area contributed by atoms with Crippen LogP contribution in [0, 0.1) is 17.0 Å². The summed E-state index contributed by atoms with van der Waals surface area (Å²) in [4.78, 5) is 34.1. The van der Waals surface area contributed by atoms with Crippen LogP contribution in [0.4, 0.5) is 16.2 Å². The van der Waals surface area contributed by atoms with Crippen molar-refractivity contribution in [3.8, 4) is 0 Å². The number of primary amides is 1. The number of nitrogens with one attached hydrogen (secondary N) is 2. The number of benzene rings is 1. The van der Waals surface area contributed by atoms with Crippen LogP contribution in [0.3, 0.4) is 0 Å². The van der Waals surface area contributed by atoms with E-state index in [1.807, 2.05) is 0 Å². The zero-order chi connectivity index (χ0) is 21.8. The van der Waals surface area contributed by atoms with Crippen LogP contribution >= 0.6 is 0 Å². The van der Waals surface area contributed by atoms with Crippen molar-refractivity contribution < 1.29 is 23.7 Å². The highest BCUT2D eigenvalue weighted by Crippen LogP contribution is 2.37. The van der Waals surface area contributed by atoms with Crippen LogP contribution in [0.2, 0.25) is 0 Å². The molecule has 1 aromatic heterocycles. The number of furan rings is 1. The van der Waals surface area contributed by atoms with Crippen molar-refractivity contribution in [2.45, 2.75) is 33.3 Å². The van der Waals surface area contributed by atoms with E-state index in [1.54, 1.807) is 45.9 Å². The van der Waals surface area contributed by atoms with Crippen LogP contribution < -0.4 is 16.4 Å². The Balaban J connectivity index is 2.13. The number of fused-ring (bicyclic) bond motifs is 1. The van der Waals surface area contributed by atoms with Gasteiger partial charge in [0.05, 0.1) is 15.9 Å². The molecule has 0 bridgehead atoms. The molecule has 0 aliphatic carbocycles. The summed E-state index contributed by atoms with van der Waals surface area (Å²) in [6.45, 7) is 7.44. The number of rotatable bonds is 7. The first-order chi connectivity index (χ1) is 13.5. The van der Waals surface area contributed by atoms with Gasteiger partial charge in [-0.3, -0.25) is 14.9 Å². The van der Waals surface area contributed by atoms with Crippen molar-refractivity contribution in [2.24, 2.45) is 5.73 Å². The minimum absolute atomic E-state index is 0.0533. The molecule has 156 valence electrons. The molecule has 0 radical (unpaired) electrons. The Kier molecular flexibility index (Phi) is 6.47. The topological polar surface area (TPSA) is 150 Å². The van der Waals surface area contributed by atoms with Gasteiger partial charge in [-0.05, 0) is 33.8 Å². The van der Waals surface area contributed by atoms with E-state index in [0.717, 1.165) is 6.07 Å². The number of carbonyl (C=O) groups excluding carboxylic acids is 2. The summed E-state index contributed by atoms with van der Waals surface area (Å²) in [6.07, 6.45) is 2.84. The molecule has 0 unspecified atom stereocenters. The highest BCUT2D eigenvalue weighted by molar-refractivity contribution is 6.10. The summed E-state index contributed by atoms with van der Waals surface area (Å²) in [5, 5.41) is 17.4. The summed E-state index contributed by atoms with van der Waals surface area (Å²) in [7, 11) is 0. The van der Waals surface area contributed by atoms with Gasteiger partial charge in [-0.15, -0.1) is 0 Å². The van der Waals surface area contributed by atoms with Gasteiger partial charge in [0.15, 0.2) is 0 Å². The van der Waals surface area contributed by atoms with Crippen LogP contribution in [0.5, 0.6) is 0 Å². The average molecular weight is 404 g/mol. The van der Waals surface area contributed by atoms with E-state index in [2.05, 4.69) is 10.6 Å². The third-order valence-electron chi connectivity index (χ3n) is 3.70. The lowest BCUT2D eigenvalue weighted by Crippen LogP contribution is -2.32. The summed E-state index contributed by atoms with van der Waals surface area (Å²) in [5.41, 5.74) is 4.82. The van der Waals surface area contributed by atoms with Gasteiger partial charge in [-0.2, -0.15) is 0 Å². The lowest BCUT2D eigenvalue weighted by Gasteiger charge is -2.19. The van der Waals surface area contributed by atoms with E-state index in [0.29, 0.717) is 11.1 Å². The standard InChI is InChI=1S/C19H24N4O6/c1-11-9-12-15(14(23(26)27)10-13(17(20)24)16(12)28-11)21-7-5-6-8-22-18(25)29-19(2,3)4/h5-6,9-10,21H,7-8H2,1-4H3,(H2,20,24)(H,22,25)/b6-5+. The van der Waals surface area contributed by atoms with Crippen LogP contribution in [0.25, 0.3) is 11.0 Å². The molecule has 0 saturated heterocycles. The lowest BCUT2D eigenvalue weighted by atomic mass is 10.1. The maximum absolute atomic E-state index is 11.6. The monoisotopic (exact) mass is 404 g/mol. The van der Waals surface area contributed by atoms with Crippen molar-refractivity contribution in [1.82, 2.24) is 5.32 Å². The maximum atomic E-state index is 11.6. The second-order valence-electron chi connectivity index (χ2n) is 7.27. The van der Waals surface area contributed by atoms with Crippen molar-refractivity contribution >= 4 is 34.3 Å². The molecule has 10 heteroatoms. The number of hydrogen-bond acceptors (Lipinski definition) is 7. The molecule has 1 aromatic carbocycles. The van der Waals surface area contributed by atoms with Crippen LogP contribution in [0.15, 0.2) is 28.7 Å². The first-order valence-electron chi connectivity index (χ1n) is 8.86. The van der Waals surface area contributed by atoms with E-state index in [-0.39, 0.29) is 35.6 Å². The van der Waals surface area contributed by atoms with Gasteiger partial charge in [-0.25, -0.2) is 4.79 Å². The van der Waals surface area contributed by atoms with Crippen molar-refractivity contribution in [3.63, 3.8) is 0 Å². The quantitative estimate of drug-likeness (QED) is 0.364. The van der Waals surface area contributed by atoms with Gasteiger partial charge < -0.3 is 25.5 Å². The zero-order valence-electron chi connectivity index (χ0n) is 16.7. The Bertz CT molecular complexity index is 971. The van der Waals surface area contributed by atoms with Gasteiger partial charge >= 0.3 is 6.09 Å². The van der Waals surface area contributed by atoms with E-state index < -0.39 is 22.5 Å². The number of anilines is 1. The number of nitro benzene ring substituents is 1. The summed E-state index contributed by atoms with van der Waals surface area (Å²) in [6, 6.07) is 2.70. The molecular weight excluding hydrogens is 380 g/mol. The highest BCUT2D eigenvalue weighted by atomic mass is 16.6. The van der Waals surface area contributed by atoms with Gasteiger partial charge in [0.2, 0.25) is 0 Å². The smallest absolute Gasteiger partial charge is 0.407 e. The molecule has 0 aliphatic rings. The van der Waals surface area contributed by atoms with Crippen molar-refractivity contribution in [1.29, 1.82) is 0 Å². The molecule has 2 rings (SSSR count). The first kappa shape index (κ1) is 21.7. The van der Waals surface area contributed by atoms with E-state index >= 15 is 0 Å². The summed E-state index contributed by atoms with van der Waals surface area (Å²) in [5.74, 6) is -0.324. The average Bonchev–Trinajstić information content (AvgIpc) is 2.96. The Labute approximate surface area is 167 Å². The number of nitrogens with zero attached hydrogens (tertiary/aromatic N) is 1. The second kappa shape index (κ2) is 8.63. The molecule has 0 saturated carbocycles. The molecule has 0 aliphatic heterocycles. The van der Waals surface area contributed by atoms with Crippen molar-refractivity contribution in [3.05, 3.63) is 45.7 Å².